The van der Waals surface area contributed by atoms with Crippen molar-refractivity contribution >= 4 is 23.4 Å². The Bertz CT molecular complexity index is 1450. The summed E-state index contributed by atoms with van der Waals surface area (Å²) in [5.74, 6) is -4.28. The molecule has 3 atom stereocenters. The minimum Gasteiger partial charge on any atom is -0.442 e. The van der Waals surface area contributed by atoms with Crippen LogP contribution in [0.1, 0.15) is 62.5 Å². The summed E-state index contributed by atoms with van der Waals surface area (Å²) >= 11 is 0. The number of benzene rings is 1. The second-order valence-corrected chi connectivity index (χ2v) is 10.7. The lowest BCUT2D eigenvalue weighted by atomic mass is 9.76. The highest BCUT2D eigenvalue weighted by Gasteiger charge is 2.34. The number of aromatic nitrogens is 2. The quantitative estimate of drug-likeness (QED) is 0.405. The topological polar surface area (TPSA) is 114 Å². The van der Waals surface area contributed by atoms with E-state index in [2.05, 4.69) is 20.3 Å². The van der Waals surface area contributed by atoms with E-state index < -0.39 is 52.4 Å². The molecule has 2 amide bonds. The van der Waals surface area contributed by atoms with Gasteiger partial charge in [0.2, 0.25) is 0 Å². The average Bonchev–Trinajstić information content (AvgIpc) is 2.86. The number of amides is 2. The van der Waals surface area contributed by atoms with E-state index in [1.165, 1.54) is 6.20 Å². The van der Waals surface area contributed by atoms with E-state index in [9.17, 15) is 27.9 Å². The zero-order valence-electron chi connectivity index (χ0n) is 22.4. The number of ether oxygens (including phenoxy) is 1. The van der Waals surface area contributed by atoms with Crippen molar-refractivity contribution in [2.75, 3.05) is 5.32 Å². The maximum atomic E-state index is 14.5. The van der Waals surface area contributed by atoms with Gasteiger partial charge in [-0.25, -0.2) is 22.9 Å². The Labute approximate surface area is 229 Å². The van der Waals surface area contributed by atoms with Crippen molar-refractivity contribution in [2.45, 2.75) is 58.2 Å². The summed E-state index contributed by atoms with van der Waals surface area (Å²) in [6.45, 7) is 6.97. The number of anilines is 1. The molecular weight excluding hydrogens is 525 g/mol. The SMILES string of the molecule is C[C@H]1C[C@@H](c2ccncc2NC(=O)c2ccc(F)c(-c3c(F)cccc3F)n2)CC(=NC(=O)OC(C)(C)C)[C@@H]1O. The number of carbonyl (C=O) groups excluding carboxylic acids is 2. The van der Waals surface area contributed by atoms with E-state index in [0.29, 0.717) is 17.7 Å². The van der Waals surface area contributed by atoms with Crippen LogP contribution in [0, 0.1) is 23.4 Å². The first-order valence-electron chi connectivity index (χ1n) is 12.7. The molecule has 1 aliphatic carbocycles. The lowest BCUT2D eigenvalue weighted by Gasteiger charge is -2.33. The number of rotatable bonds is 4. The Balaban J connectivity index is 1.61. The molecule has 2 N–H and O–H groups in total. The van der Waals surface area contributed by atoms with Crippen molar-refractivity contribution in [3.63, 3.8) is 0 Å². The second kappa shape index (κ2) is 11.5. The highest BCUT2D eigenvalue weighted by atomic mass is 19.1. The Morgan fingerprint density at radius 2 is 1.77 bits per heavy atom. The van der Waals surface area contributed by atoms with E-state index >= 15 is 0 Å². The largest absolute Gasteiger partial charge is 0.442 e. The van der Waals surface area contributed by atoms with E-state index in [1.54, 1.807) is 33.0 Å². The molecule has 3 aromatic rings. The summed E-state index contributed by atoms with van der Waals surface area (Å²) in [5, 5.41) is 13.4. The standard InChI is InChI=1S/C29H29F3N4O4/c1-15-12-16(13-22(26(15)37)36-28(39)40-29(2,3)4)17-10-11-33-14-23(17)35-27(38)21-9-8-20(32)25(34-21)24-18(30)6-5-7-19(24)31/h5-11,14-16,26,37H,12-13H2,1-4H3,(H,35,38)/t15-,16+,26+/m0/s1. The van der Waals surface area contributed by atoms with Crippen molar-refractivity contribution in [2.24, 2.45) is 10.9 Å². The number of pyridine rings is 2. The number of aliphatic hydroxyl groups is 1. The molecule has 0 radical (unpaired) electrons. The van der Waals surface area contributed by atoms with Gasteiger partial charge in [0.15, 0.2) is 0 Å². The Morgan fingerprint density at radius 3 is 2.45 bits per heavy atom. The molecule has 40 heavy (non-hydrogen) atoms. The van der Waals surface area contributed by atoms with Crippen LogP contribution in [0.4, 0.5) is 23.7 Å². The van der Waals surface area contributed by atoms with Crippen molar-refractivity contribution < 1.29 is 32.6 Å². The minimum atomic E-state index is -1.02. The third kappa shape index (κ3) is 6.53. The predicted molar refractivity (Wildman–Crippen MR) is 143 cm³/mol. The van der Waals surface area contributed by atoms with Crippen LogP contribution in [0.15, 0.2) is 53.8 Å². The normalized spacial score (nSPS) is 20.3. The maximum Gasteiger partial charge on any atom is 0.434 e. The van der Waals surface area contributed by atoms with Crippen LogP contribution in [-0.2, 0) is 4.74 Å². The van der Waals surface area contributed by atoms with Gasteiger partial charge < -0.3 is 15.2 Å². The Hall–Kier alpha value is -4.12. The third-order valence-electron chi connectivity index (χ3n) is 6.44. The minimum absolute atomic E-state index is 0.225. The number of nitrogens with one attached hydrogen (secondary N) is 1. The van der Waals surface area contributed by atoms with Gasteiger partial charge in [0.1, 0.15) is 34.4 Å². The maximum absolute atomic E-state index is 14.5. The smallest absolute Gasteiger partial charge is 0.434 e. The fraction of sp³-hybridized carbons (Fsp3) is 0.345. The molecule has 0 bridgehead atoms. The lowest BCUT2D eigenvalue weighted by molar-refractivity contribution is 0.0597. The molecule has 0 spiro atoms. The van der Waals surface area contributed by atoms with E-state index in [-0.39, 0.29) is 29.7 Å². The number of nitrogens with zero attached hydrogens (tertiary/aromatic N) is 3. The van der Waals surface area contributed by atoms with Crippen molar-refractivity contribution in [1.29, 1.82) is 0 Å². The molecule has 0 aliphatic heterocycles. The van der Waals surface area contributed by atoms with Gasteiger partial charge in [-0.15, -0.1) is 0 Å². The highest BCUT2D eigenvalue weighted by molar-refractivity contribution is 6.04. The summed E-state index contributed by atoms with van der Waals surface area (Å²) in [6, 6.07) is 6.80. The van der Waals surface area contributed by atoms with Gasteiger partial charge in [-0.05, 0) is 81.3 Å². The number of hydrogen-bond acceptors (Lipinski definition) is 6. The number of carbonyl (C=O) groups is 2. The summed E-state index contributed by atoms with van der Waals surface area (Å²) in [7, 11) is 0. The molecular formula is C29H29F3N4O4. The summed E-state index contributed by atoms with van der Waals surface area (Å²) in [5.41, 5.74) is -1.07. The van der Waals surface area contributed by atoms with Crippen LogP contribution in [-0.4, -0.2) is 44.5 Å². The van der Waals surface area contributed by atoms with Crippen LogP contribution in [0.3, 0.4) is 0 Å². The van der Waals surface area contributed by atoms with Gasteiger partial charge in [-0.2, -0.15) is 4.99 Å². The number of aliphatic imine (C=N–C) groups is 1. The Kier molecular flexibility index (Phi) is 8.34. The van der Waals surface area contributed by atoms with Crippen LogP contribution in [0.2, 0.25) is 0 Å². The summed E-state index contributed by atoms with van der Waals surface area (Å²) < 4.78 is 48.4. The molecule has 11 heteroatoms. The Morgan fingerprint density at radius 1 is 1.07 bits per heavy atom. The molecule has 8 nitrogen and oxygen atoms in total. The fourth-order valence-corrected chi connectivity index (χ4v) is 4.63. The van der Waals surface area contributed by atoms with Crippen molar-refractivity contribution in [3.8, 4) is 11.3 Å². The molecule has 210 valence electrons. The second-order valence-electron chi connectivity index (χ2n) is 10.7. The monoisotopic (exact) mass is 554 g/mol. The number of hydrogen-bond donors (Lipinski definition) is 2. The molecule has 0 saturated heterocycles. The first-order chi connectivity index (χ1) is 18.8. The molecule has 1 fully saturated rings. The number of halogens is 3. The summed E-state index contributed by atoms with van der Waals surface area (Å²) in [4.78, 5) is 37.5. The highest BCUT2D eigenvalue weighted by Crippen LogP contribution is 2.38. The van der Waals surface area contributed by atoms with Gasteiger partial charge in [-0.3, -0.25) is 9.78 Å². The zero-order chi connectivity index (χ0) is 29.2. The fourth-order valence-electron chi connectivity index (χ4n) is 4.63. The van der Waals surface area contributed by atoms with Crippen LogP contribution in [0.5, 0.6) is 0 Å². The van der Waals surface area contributed by atoms with Crippen LogP contribution >= 0.6 is 0 Å². The molecule has 1 saturated carbocycles. The van der Waals surface area contributed by atoms with Crippen molar-refractivity contribution in [3.05, 3.63) is 77.5 Å². The van der Waals surface area contributed by atoms with Crippen molar-refractivity contribution in [1.82, 2.24) is 9.97 Å². The van der Waals surface area contributed by atoms with Gasteiger partial charge in [0, 0.05) is 6.20 Å². The molecule has 1 aliphatic rings. The zero-order valence-corrected chi connectivity index (χ0v) is 22.4. The molecule has 1 aromatic carbocycles. The predicted octanol–water partition coefficient (Wildman–Crippen LogP) is 6.06. The van der Waals surface area contributed by atoms with Gasteiger partial charge in [-0.1, -0.05) is 13.0 Å². The van der Waals surface area contributed by atoms with Crippen LogP contribution in [0.25, 0.3) is 11.3 Å². The molecule has 2 heterocycles. The van der Waals surface area contributed by atoms with Crippen LogP contribution < -0.4 is 5.32 Å². The first-order valence-corrected chi connectivity index (χ1v) is 12.7. The average molecular weight is 555 g/mol. The molecule has 4 rings (SSSR count). The third-order valence-corrected chi connectivity index (χ3v) is 6.44. The lowest BCUT2D eigenvalue weighted by Crippen LogP contribution is -2.36. The van der Waals surface area contributed by atoms with Gasteiger partial charge in [0.05, 0.1) is 29.3 Å². The van der Waals surface area contributed by atoms with E-state index in [0.717, 1.165) is 30.3 Å². The molecule has 2 aromatic heterocycles. The van der Waals surface area contributed by atoms with E-state index in [4.69, 9.17) is 4.74 Å². The number of aliphatic hydroxyl groups excluding tert-OH is 1. The summed E-state index contributed by atoms with van der Waals surface area (Å²) in [6.07, 6.45) is 1.97. The van der Waals surface area contributed by atoms with Gasteiger partial charge in [0.25, 0.3) is 5.91 Å². The van der Waals surface area contributed by atoms with Gasteiger partial charge >= 0.3 is 6.09 Å². The molecule has 0 unspecified atom stereocenters. The van der Waals surface area contributed by atoms with E-state index in [1.807, 2.05) is 6.92 Å². The first kappa shape index (κ1) is 28.9.